The molecule has 1 saturated heterocycles. The van der Waals surface area contributed by atoms with E-state index in [1.165, 1.54) is 5.56 Å². The SMILES string of the molecule is Cc1cc([C@@H]2[C@H](c3ccccn3)NC(=S)N2c2ccccc2)c(C)n1-n1cnnc1. The van der Waals surface area contributed by atoms with Crippen molar-refractivity contribution in [3.8, 4) is 0 Å². The lowest BCUT2D eigenvalue weighted by Crippen LogP contribution is -2.29. The summed E-state index contributed by atoms with van der Waals surface area (Å²) in [6.07, 6.45) is 5.22. The van der Waals surface area contributed by atoms with Gasteiger partial charge in [-0.1, -0.05) is 24.3 Å². The summed E-state index contributed by atoms with van der Waals surface area (Å²) in [6.45, 7) is 4.20. The Morgan fingerprint density at radius 2 is 1.70 bits per heavy atom. The number of rotatable bonds is 4. The number of para-hydroxylation sites is 1. The van der Waals surface area contributed by atoms with Crippen LogP contribution in [0.1, 0.15) is 34.7 Å². The predicted molar refractivity (Wildman–Crippen MR) is 119 cm³/mol. The summed E-state index contributed by atoms with van der Waals surface area (Å²) in [5, 5.41) is 12.1. The molecule has 3 aromatic heterocycles. The second kappa shape index (κ2) is 7.38. The summed E-state index contributed by atoms with van der Waals surface area (Å²) in [4.78, 5) is 6.81. The number of aromatic nitrogens is 5. The van der Waals surface area contributed by atoms with Crippen LogP contribution in [0.5, 0.6) is 0 Å². The van der Waals surface area contributed by atoms with Crippen molar-refractivity contribution < 1.29 is 0 Å². The van der Waals surface area contributed by atoms with Crippen molar-refractivity contribution in [1.82, 2.24) is 29.9 Å². The van der Waals surface area contributed by atoms with E-state index < -0.39 is 0 Å². The monoisotopic (exact) mass is 415 g/mol. The van der Waals surface area contributed by atoms with E-state index in [-0.39, 0.29) is 12.1 Å². The number of thiocarbonyl (C=S) groups is 1. The smallest absolute Gasteiger partial charge is 0.174 e. The Hall–Kier alpha value is -3.52. The van der Waals surface area contributed by atoms with Crippen LogP contribution in [0.4, 0.5) is 5.69 Å². The Balaban J connectivity index is 1.69. The first-order valence-corrected chi connectivity index (χ1v) is 10.2. The maximum Gasteiger partial charge on any atom is 0.174 e. The molecule has 4 aromatic rings. The van der Waals surface area contributed by atoms with Gasteiger partial charge in [0.05, 0.1) is 17.8 Å². The van der Waals surface area contributed by atoms with Crippen LogP contribution < -0.4 is 10.2 Å². The Morgan fingerprint density at radius 3 is 2.40 bits per heavy atom. The van der Waals surface area contributed by atoms with Crippen LogP contribution in [0.25, 0.3) is 0 Å². The molecule has 0 unspecified atom stereocenters. The Bertz CT molecular complexity index is 1170. The van der Waals surface area contributed by atoms with Gasteiger partial charge >= 0.3 is 0 Å². The van der Waals surface area contributed by atoms with Gasteiger partial charge in [-0.25, -0.2) is 4.68 Å². The van der Waals surface area contributed by atoms with Crippen molar-refractivity contribution in [2.75, 3.05) is 4.90 Å². The zero-order chi connectivity index (χ0) is 20.7. The fourth-order valence-electron chi connectivity index (χ4n) is 4.27. The van der Waals surface area contributed by atoms with Gasteiger partial charge in [-0.05, 0) is 56.4 Å². The van der Waals surface area contributed by atoms with Gasteiger partial charge in [-0.3, -0.25) is 9.66 Å². The van der Waals surface area contributed by atoms with Crippen LogP contribution in [0.3, 0.4) is 0 Å². The van der Waals surface area contributed by atoms with Crippen molar-refractivity contribution in [2.24, 2.45) is 0 Å². The van der Waals surface area contributed by atoms with Crippen LogP contribution >= 0.6 is 12.2 Å². The van der Waals surface area contributed by atoms with Crippen molar-refractivity contribution in [3.63, 3.8) is 0 Å². The van der Waals surface area contributed by atoms with Gasteiger partial charge in [0.25, 0.3) is 0 Å². The summed E-state index contributed by atoms with van der Waals surface area (Å²) < 4.78 is 3.99. The molecular weight excluding hydrogens is 394 g/mol. The van der Waals surface area contributed by atoms with Crippen LogP contribution in [0.15, 0.2) is 73.4 Å². The van der Waals surface area contributed by atoms with Gasteiger partial charge in [-0.15, -0.1) is 10.2 Å². The minimum absolute atomic E-state index is 0.0498. The van der Waals surface area contributed by atoms with Crippen molar-refractivity contribution >= 4 is 23.0 Å². The minimum atomic E-state index is -0.0752. The molecule has 0 spiro atoms. The summed E-state index contributed by atoms with van der Waals surface area (Å²) in [5.41, 5.74) is 5.37. The molecule has 4 heterocycles. The molecule has 1 aromatic carbocycles. The fourth-order valence-corrected chi connectivity index (χ4v) is 4.61. The van der Waals surface area contributed by atoms with Crippen molar-refractivity contribution in [3.05, 3.63) is 96.1 Å². The van der Waals surface area contributed by atoms with E-state index in [9.17, 15) is 0 Å². The summed E-state index contributed by atoms with van der Waals surface area (Å²) in [5.74, 6) is 0. The largest absolute Gasteiger partial charge is 0.351 e. The number of anilines is 1. The van der Waals surface area contributed by atoms with E-state index in [0.29, 0.717) is 5.11 Å². The molecule has 1 aliphatic heterocycles. The lowest BCUT2D eigenvalue weighted by atomic mass is 9.96. The first kappa shape index (κ1) is 18.5. The third-order valence-electron chi connectivity index (χ3n) is 5.52. The highest BCUT2D eigenvalue weighted by Crippen LogP contribution is 2.43. The van der Waals surface area contributed by atoms with Gasteiger partial charge in [0.2, 0.25) is 0 Å². The number of nitrogens with one attached hydrogen (secondary N) is 1. The van der Waals surface area contributed by atoms with Gasteiger partial charge in [0, 0.05) is 28.8 Å². The van der Waals surface area contributed by atoms with Crippen molar-refractivity contribution in [2.45, 2.75) is 25.9 Å². The lowest BCUT2D eigenvalue weighted by Gasteiger charge is -2.28. The minimum Gasteiger partial charge on any atom is -0.351 e. The quantitative estimate of drug-likeness (QED) is 0.514. The molecule has 1 aliphatic rings. The molecular formula is C22H21N7S. The van der Waals surface area contributed by atoms with E-state index >= 15 is 0 Å². The van der Waals surface area contributed by atoms with Gasteiger partial charge in [-0.2, -0.15) is 0 Å². The predicted octanol–water partition coefficient (Wildman–Crippen LogP) is 3.58. The average molecular weight is 416 g/mol. The summed E-state index contributed by atoms with van der Waals surface area (Å²) >= 11 is 5.79. The molecule has 1 N–H and O–H groups in total. The maximum atomic E-state index is 5.79. The molecule has 0 radical (unpaired) electrons. The van der Waals surface area contributed by atoms with E-state index in [4.69, 9.17) is 12.2 Å². The molecule has 0 bridgehead atoms. The number of benzene rings is 1. The highest BCUT2D eigenvalue weighted by molar-refractivity contribution is 7.80. The van der Waals surface area contributed by atoms with E-state index in [1.54, 1.807) is 12.7 Å². The number of nitrogens with zero attached hydrogens (tertiary/aromatic N) is 6. The molecule has 0 aliphatic carbocycles. The number of aryl methyl sites for hydroxylation is 1. The van der Waals surface area contributed by atoms with Crippen LogP contribution in [0, 0.1) is 13.8 Å². The maximum absolute atomic E-state index is 5.79. The molecule has 0 saturated carbocycles. The fraction of sp³-hybridized carbons (Fsp3) is 0.182. The first-order chi connectivity index (χ1) is 14.6. The van der Waals surface area contributed by atoms with Crippen molar-refractivity contribution in [1.29, 1.82) is 0 Å². The Labute approximate surface area is 180 Å². The van der Waals surface area contributed by atoms with E-state index in [0.717, 1.165) is 22.8 Å². The topological polar surface area (TPSA) is 63.8 Å². The van der Waals surface area contributed by atoms with E-state index in [1.807, 2.05) is 47.3 Å². The first-order valence-electron chi connectivity index (χ1n) is 9.75. The third kappa shape index (κ3) is 2.96. The zero-order valence-electron chi connectivity index (χ0n) is 16.7. The number of hydrogen-bond donors (Lipinski definition) is 1. The standard InChI is InChI=1S/C22H21N7S/c1-15-12-18(16(2)29(15)27-13-24-25-14-27)21-20(19-10-6-7-11-23-19)26-22(30)28(21)17-8-4-3-5-9-17/h3-14,20-21H,1-2H3,(H,26,30)/t20-,21+/m0/s1. The van der Waals surface area contributed by atoms with Gasteiger partial charge in [0.15, 0.2) is 5.11 Å². The summed E-state index contributed by atoms with van der Waals surface area (Å²) in [6, 6.07) is 18.3. The molecule has 8 heteroatoms. The van der Waals surface area contributed by atoms with Gasteiger partial charge < -0.3 is 10.2 Å². The normalized spacial score (nSPS) is 18.6. The molecule has 1 fully saturated rings. The van der Waals surface area contributed by atoms with Crippen LogP contribution in [0.2, 0.25) is 0 Å². The highest BCUT2D eigenvalue weighted by Gasteiger charge is 2.42. The molecule has 0 amide bonds. The van der Waals surface area contributed by atoms with Gasteiger partial charge in [0.1, 0.15) is 12.7 Å². The molecule has 7 nitrogen and oxygen atoms in total. The number of hydrogen-bond acceptors (Lipinski definition) is 4. The lowest BCUT2D eigenvalue weighted by molar-refractivity contribution is 0.557. The number of pyridine rings is 1. The van der Waals surface area contributed by atoms with Crippen LogP contribution in [-0.2, 0) is 0 Å². The molecule has 5 rings (SSSR count). The zero-order valence-corrected chi connectivity index (χ0v) is 17.5. The molecule has 2 atom stereocenters. The second-order valence-electron chi connectivity index (χ2n) is 7.31. The van der Waals surface area contributed by atoms with E-state index in [2.05, 4.69) is 62.1 Å². The average Bonchev–Trinajstić information content (AvgIpc) is 3.47. The Morgan fingerprint density at radius 1 is 0.967 bits per heavy atom. The van der Waals surface area contributed by atoms with Crippen LogP contribution in [-0.4, -0.2) is 29.6 Å². The molecule has 150 valence electrons. The Kier molecular flexibility index (Phi) is 4.55. The third-order valence-corrected chi connectivity index (χ3v) is 5.84. The summed E-state index contributed by atoms with van der Waals surface area (Å²) in [7, 11) is 0. The second-order valence-corrected chi connectivity index (χ2v) is 7.70. The molecule has 30 heavy (non-hydrogen) atoms. The highest BCUT2D eigenvalue weighted by atomic mass is 32.1.